The maximum absolute atomic E-state index is 12.1. The Hall–Kier alpha value is -2.35. The van der Waals surface area contributed by atoms with Crippen LogP contribution in [0.15, 0.2) is 12.2 Å². The van der Waals surface area contributed by atoms with E-state index in [-0.39, 0.29) is 5.97 Å². The molecule has 0 aliphatic heterocycles. The van der Waals surface area contributed by atoms with Crippen LogP contribution >= 0.6 is 0 Å². The van der Waals surface area contributed by atoms with Crippen molar-refractivity contribution in [1.82, 2.24) is 0 Å². The van der Waals surface area contributed by atoms with Gasteiger partial charge in [0.05, 0.1) is 0 Å². The average Bonchev–Trinajstić information content (AvgIpc) is 2.65. The van der Waals surface area contributed by atoms with Gasteiger partial charge in [-0.2, -0.15) is 0 Å². The summed E-state index contributed by atoms with van der Waals surface area (Å²) >= 11 is 0. The number of hydrogen-bond acceptors (Lipinski definition) is 2. The number of carbonyl (C=O) groups excluding carboxylic acids is 1. The number of hydrogen-bond donors (Lipinski definition) is 0. The Bertz CT molecular complexity index is 932. The van der Waals surface area contributed by atoms with Gasteiger partial charge in [0.25, 0.3) is 0 Å². The summed E-state index contributed by atoms with van der Waals surface area (Å²) in [5, 5.41) is 0. The van der Waals surface area contributed by atoms with Crippen molar-refractivity contribution in [3.8, 4) is 16.9 Å². The molecule has 0 amide bonds. The summed E-state index contributed by atoms with van der Waals surface area (Å²) < 4.78 is 5.70. The molecule has 2 aromatic carbocycles. The SMILES string of the molecule is C=C(C)C(=O)Oc1c(C)c(C)c(-c2c(C)c(C)c(CC)c(C)c2C)c(C)c1C. The van der Waals surface area contributed by atoms with E-state index in [0.29, 0.717) is 11.3 Å². The molecule has 0 aliphatic rings. The summed E-state index contributed by atoms with van der Waals surface area (Å²) in [5.74, 6) is 0.296. The second-order valence-corrected chi connectivity index (χ2v) is 8.08. The minimum absolute atomic E-state index is 0.371. The third-order valence-corrected chi connectivity index (χ3v) is 6.48. The van der Waals surface area contributed by atoms with Crippen LogP contribution in [0, 0.1) is 55.4 Å². The fourth-order valence-electron chi connectivity index (χ4n) is 4.28. The fraction of sp³-hybridized carbons (Fsp3) is 0.423. The molecule has 2 rings (SSSR count). The summed E-state index contributed by atoms with van der Waals surface area (Å²) in [6.07, 6.45) is 1.05. The lowest BCUT2D eigenvalue weighted by molar-refractivity contribution is -0.130. The van der Waals surface area contributed by atoms with E-state index in [1.54, 1.807) is 6.92 Å². The Morgan fingerprint density at radius 2 is 1.07 bits per heavy atom. The maximum Gasteiger partial charge on any atom is 0.338 e. The number of ether oxygens (including phenoxy) is 1. The molecule has 0 aromatic heterocycles. The van der Waals surface area contributed by atoms with Gasteiger partial charge in [-0.1, -0.05) is 13.5 Å². The molecule has 0 bridgehead atoms. The Morgan fingerprint density at radius 1 is 0.714 bits per heavy atom. The second-order valence-electron chi connectivity index (χ2n) is 8.08. The van der Waals surface area contributed by atoms with E-state index in [2.05, 4.69) is 55.0 Å². The molecule has 0 saturated heterocycles. The van der Waals surface area contributed by atoms with Gasteiger partial charge in [-0.05, 0) is 130 Å². The number of esters is 1. The third kappa shape index (κ3) is 3.41. The Labute approximate surface area is 170 Å². The minimum Gasteiger partial charge on any atom is -0.423 e. The van der Waals surface area contributed by atoms with Crippen LogP contribution in [-0.2, 0) is 11.2 Å². The van der Waals surface area contributed by atoms with Crippen LogP contribution in [0.1, 0.15) is 63.9 Å². The molecule has 0 aliphatic carbocycles. The van der Waals surface area contributed by atoms with Gasteiger partial charge in [-0.3, -0.25) is 0 Å². The van der Waals surface area contributed by atoms with Crippen LogP contribution in [0.5, 0.6) is 5.75 Å². The molecular weight excluding hydrogens is 344 g/mol. The van der Waals surface area contributed by atoms with Gasteiger partial charge >= 0.3 is 5.97 Å². The van der Waals surface area contributed by atoms with Crippen molar-refractivity contribution < 1.29 is 9.53 Å². The average molecular weight is 379 g/mol. The Morgan fingerprint density at radius 3 is 1.39 bits per heavy atom. The first kappa shape index (κ1) is 21.9. The van der Waals surface area contributed by atoms with E-state index >= 15 is 0 Å². The molecule has 2 nitrogen and oxygen atoms in total. The first-order valence-corrected chi connectivity index (χ1v) is 10.0. The highest BCUT2D eigenvalue weighted by atomic mass is 16.5. The van der Waals surface area contributed by atoms with Crippen LogP contribution in [-0.4, -0.2) is 5.97 Å². The summed E-state index contributed by atoms with van der Waals surface area (Å²) in [4.78, 5) is 12.1. The molecule has 0 N–H and O–H groups in total. The van der Waals surface area contributed by atoms with Crippen molar-refractivity contribution in [2.45, 2.75) is 75.7 Å². The fourth-order valence-corrected chi connectivity index (χ4v) is 4.28. The van der Waals surface area contributed by atoms with Crippen molar-refractivity contribution in [3.63, 3.8) is 0 Å². The third-order valence-electron chi connectivity index (χ3n) is 6.48. The van der Waals surface area contributed by atoms with Gasteiger partial charge in [0.1, 0.15) is 5.75 Å². The largest absolute Gasteiger partial charge is 0.423 e. The lowest BCUT2D eigenvalue weighted by atomic mass is 9.80. The summed E-state index contributed by atoms with van der Waals surface area (Å²) in [5.41, 5.74) is 14.3. The lowest BCUT2D eigenvalue weighted by Gasteiger charge is -2.25. The van der Waals surface area contributed by atoms with Crippen molar-refractivity contribution in [1.29, 1.82) is 0 Å². The smallest absolute Gasteiger partial charge is 0.338 e. The summed E-state index contributed by atoms with van der Waals surface area (Å²) in [6.45, 7) is 24.9. The molecule has 2 heteroatoms. The highest BCUT2D eigenvalue weighted by molar-refractivity contribution is 5.90. The normalized spacial score (nSPS) is 10.9. The molecule has 0 radical (unpaired) electrons. The van der Waals surface area contributed by atoms with Crippen molar-refractivity contribution in [2.24, 2.45) is 0 Å². The monoisotopic (exact) mass is 378 g/mol. The predicted octanol–water partition coefficient (Wildman–Crippen LogP) is 6.86. The van der Waals surface area contributed by atoms with Gasteiger partial charge in [0, 0.05) is 5.57 Å². The summed E-state index contributed by atoms with van der Waals surface area (Å²) in [7, 11) is 0. The van der Waals surface area contributed by atoms with E-state index < -0.39 is 0 Å². The Kier molecular flexibility index (Phi) is 6.23. The molecule has 0 unspecified atom stereocenters. The van der Waals surface area contributed by atoms with Crippen molar-refractivity contribution >= 4 is 5.97 Å². The first-order valence-electron chi connectivity index (χ1n) is 10.0. The van der Waals surface area contributed by atoms with Crippen LogP contribution < -0.4 is 4.74 Å². The number of benzene rings is 2. The highest BCUT2D eigenvalue weighted by Crippen LogP contribution is 2.43. The molecule has 150 valence electrons. The van der Waals surface area contributed by atoms with Crippen LogP contribution in [0.4, 0.5) is 0 Å². The molecular formula is C26H34O2. The molecule has 2 aromatic rings. The van der Waals surface area contributed by atoms with E-state index in [4.69, 9.17) is 4.74 Å². The molecule has 0 saturated carbocycles. The van der Waals surface area contributed by atoms with E-state index in [0.717, 1.165) is 17.5 Å². The van der Waals surface area contributed by atoms with Crippen molar-refractivity contribution in [2.75, 3.05) is 0 Å². The van der Waals surface area contributed by atoms with Gasteiger partial charge < -0.3 is 4.74 Å². The standard InChI is InChI=1S/C26H34O2/c1-12-22-14(4)16(6)23(17(7)15(22)5)24-18(8)20(10)25(21(11)19(24)9)28-26(27)13(2)3/h2,12H2,1,3-11H3. The maximum atomic E-state index is 12.1. The van der Waals surface area contributed by atoms with Gasteiger partial charge in [0.2, 0.25) is 0 Å². The Balaban J connectivity index is 2.87. The molecule has 0 fully saturated rings. The van der Waals surface area contributed by atoms with Gasteiger partial charge in [-0.25, -0.2) is 4.79 Å². The quantitative estimate of drug-likeness (QED) is 0.330. The van der Waals surface area contributed by atoms with Gasteiger partial charge in [0.15, 0.2) is 0 Å². The lowest BCUT2D eigenvalue weighted by Crippen LogP contribution is -2.12. The van der Waals surface area contributed by atoms with Crippen LogP contribution in [0.2, 0.25) is 0 Å². The zero-order valence-corrected chi connectivity index (χ0v) is 19.2. The predicted molar refractivity (Wildman–Crippen MR) is 120 cm³/mol. The molecule has 0 spiro atoms. The van der Waals surface area contributed by atoms with Gasteiger partial charge in [-0.15, -0.1) is 0 Å². The highest BCUT2D eigenvalue weighted by Gasteiger charge is 2.23. The summed E-state index contributed by atoms with van der Waals surface area (Å²) in [6, 6.07) is 0. The van der Waals surface area contributed by atoms with Crippen LogP contribution in [0.3, 0.4) is 0 Å². The topological polar surface area (TPSA) is 26.3 Å². The van der Waals surface area contributed by atoms with Crippen LogP contribution in [0.25, 0.3) is 11.1 Å². The van der Waals surface area contributed by atoms with Crippen molar-refractivity contribution in [3.05, 3.63) is 62.2 Å². The zero-order valence-electron chi connectivity index (χ0n) is 19.2. The van der Waals surface area contributed by atoms with E-state index in [9.17, 15) is 4.79 Å². The first-order chi connectivity index (χ1) is 12.9. The minimum atomic E-state index is -0.371. The number of carbonyl (C=O) groups is 1. The molecule has 0 heterocycles. The zero-order chi connectivity index (χ0) is 21.5. The molecule has 28 heavy (non-hydrogen) atoms. The van der Waals surface area contributed by atoms with E-state index in [1.807, 2.05) is 13.8 Å². The number of rotatable bonds is 4. The second kappa shape index (κ2) is 7.95. The van der Waals surface area contributed by atoms with E-state index in [1.165, 1.54) is 50.1 Å². The molecule has 0 atom stereocenters.